The summed E-state index contributed by atoms with van der Waals surface area (Å²) in [5.74, 6) is 3.52. The highest BCUT2D eigenvalue weighted by Gasteiger charge is 2.55. The molecule has 0 radical (unpaired) electrons. The summed E-state index contributed by atoms with van der Waals surface area (Å²) in [7, 11) is 0. The summed E-state index contributed by atoms with van der Waals surface area (Å²) >= 11 is 2.19. The van der Waals surface area contributed by atoms with Crippen molar-refractivity contribution in [2.24, 2.45) is 5.16 Å². The van der Waals surface area contributed by atoms with Gasteiger partial charge in [-0.25, -0.2) is 4.79 Å². The zero-order valence-electron chi connectivity index (χ0n) is 22.8. The highest BCUT2D eigenvalue weighted by molar-refractivity contribution is 8.00. The topological polar surface area (TPSA) is 169 Å². The Morgan fingerprint density at radius 2 is 1.86 bits per heavy atom. The number of thioether (sulfide) groups is 1. The maximum Gasteiger partial charge on any atom is 0.357 e. The van der Waals surface area contributed by atoms with E-state index in [-0.39, 0.29) is 34.7 Å². The molecule has 0 aliphatic carbocycles. The molecule has 4 N–H and O–H groups in total. The fourth-order valence-corrected chi connectivity index (χ4v) is 6.17. The van der Waals surface area contributed by atoms with Crippen LogP contribution in [-0.4, -0.2) is 73.2 Å². The minimum Gasteiger partial charge on any atom is -0.448 e. The number of aliphatic hydroxyl groups excluding tert-OH is 1. The molecule has 2 aromatic carbocycles. The van der Waals surface area contributed by atoms with Crippen molar-refractivity contribution in [1.29, 1.82) is 0 Å². The number of nitrogen functional groups attached to an aromatic ring is 1. The Kier molecular flexibility index (Phi) is 9.35. The molecule has 2 aliphatic rings. The number of carbonyl (C=O) groups excluding carboxylic acids is 3. The van der Waals surface area contributed by atoms with Gasteiger partial charge in [0.25, 0.3) is 11.8 Å². The van der Waals surface area contributed by atoms with Crippen molar-refractivity contribution < 1.29 is 29.1 Å². The summed E-state index contributed by atoms with van der Waals surface area (Å²) in [4.78, 5) is 50.9. The molecule has 1 aromatic heterocycles. The summed E-state index contributed by atoms with van der Waals surface area (Å²) in [6, 6.07) is 17.5. The van der Waals surface area contributed by atoms with Crippen molar-refractivity contribution in [2.45, 2.75) is 24.4 Å². The molecule has 220 valence electrons. The van der Waals surface area contributed by atoms with Crippen LogP contribution in [0.5, 0.6) is 0 Å². The minimum absolute atomic E-state index is 0.0331. The van der Waals surface area contributed by atoms with Crippen LogP contribution in [0, 0.1) is 11.8 Å². The highest BCUT2D eigenvalue weighted by Crippen LogP contribution is 2.41. The van der Waals surface area contributed by atoms with Gasteiger partial charge in [0.15, 0.2) is 11.2 Å². The average Bonchev–Trinajstić information content (AvgIpc) is 3.47. The van der Waals surface area contributed by atoms with Gasteiger partial charge >= 0.3 is 5.97 Å². The first-order valence-corrected chi connectivity index (χ1v) is 14.9. The van der Waals surface area contributed by atoms with E-state index in [0.717, 1.165) is 22.7 Å². The van der Waals surface area contributed by atoms with Gasteiger partial charge in [-0.1, -0.05) is 77.7 Å². The van der Waals surface area contributed by atoms with Crippen LogP contribution >= 0.6 is 23.3 Å². The second kappa shape index (κ2) is 13.5. The number of anilines is 1. The van der Waals surface area contributed by atoms with E-state index in [4.69, 9.17) is 15.3 Å². The number of fused-ring (bicyclic) bond motifs is 1. The number of nitrogens with two attached hydrogens (primary N) is 1. The van der Waals surface area contributed by atoms with Gasteiger partial charge in [-0.15, -0.1) is 11.8 Å². The third-order valence-electron chi connectivity index (χ3n) is 6.35. The Morgan fingerprint density at radius 3 is 2.44 bits per heavy atom. The normalized spacial score (nSPS) is 17.9. The van der Waals surface area contributed by atoms with E-state index in [1.165, 1.54) is 16.7 Å². The molecule has 12 nitrogen and oxygen atoms in total. The fourth-order valence-electron chi connectivity index (χ4n) is 4.45. The number of aromatic nitrogens is 2. The van der Waals surface area contributed by atoms with Gasteiger partial charge in [-0.2, -0.15) is 9.36 Å². The predicted molar refractivity (Wildman–Crippen MR) is 160 cm³/mol. The third kappa shape index (κ3) is 6.38. The number of hydrogen-bond acceptors (Lipinski definition) is 12. The highest BCUT2D eigenvalue weighted by atomic mass is 32.2. The van der Waals surface area contributed by atoms with E-state index in [1.807, 2.05) is 60.7 Å². The Labute approximate surface area is 255 Å². The lowest BCUT2D eigenvalue weighted by atomic mass is 10.0. The monoisotopic (exact) mass is 618 g/mol. The van der Waals surface area contributed by atoms with Crippen LogP contribution in [-0.2, 0) is 24.0 Å². The van der Waals surface area contributed by atoms with E-state index < -0.39 is 41.9 Å². The number of oxime groups is 1. The quantitative estimate of drug-likeness (QED) is 0.106. The van der Waals surface area contributed by atoms with E-state index in [1.54, 1.807) is 6.92 Å². The van der Waals surface area contributed by atoms with Crippen molar-refractivity contribution in [1.82, 2.24) is 19.6 Å². The number of aliphatic hydroxyl groups is 1. The largest absolute Gasteiger partial charge is 0.448 e. The van der Waals surface area contributed by atoms with E-state index in [9.17, 15) is 19.5 Å². The van der Waals surface area contributed by atoms with Crippen LogP contribution in [0.25, 0.3) is 0 Å². The first-order valence-electron chi connectivity index (χ1n) is 13.1. The zero-order valence-corrected chi connectivity index (χ0v) is 24.4. The number of esters is 1. The van der Waals surface area contributed by atoms with Gasteiger partial charge in [0, 0.05) is 22.9 Å². The van der Waals surface area contributed by atoms with Gasteiger partial charge in [-0.05, 0) is 18.1 Å². The third-order valence-corrected chi connectivity index (χ3v) is 8.17. The van der Waals surface area contributed by atoms with Crippen molar-refractivity contribution in [3.8, 4) is 11.8 Å². The maximum atomic E-state index is 13.8. The molecule has 1 saturated heterocycles. The van der Waals surface area contributed by atoms with Crippen LogP contribution in [0.3, 0.4) is 0 Å². The molecule has 0 bridgehead atoms. The lowest BCUT2D eigenvalue weighted by molar-refractivity contribution is -0.154. The van der Waals surface area contributed by atoms with Crippen LogP contribution in [0.15, 0.2) is 77.1 Å². The molecule has 0 spiro atoms. The Bertz CT molecular complexity index is 1590. The molecule has 1 fully saturated rings. The molecule has 3 heterocycles. The summed E-state index contributed by atoms with van der Waals surface area (Å²) in [5, 5.41) is 15.3. The molecular formula is C29H26N6O6S2. The first kappa shape index (κ1) is 29.8. The van der Waals surface area contributed by atoms with E-state index >= 15 is 0 Å². The standard InChI is InChI=1S/C29H26N6O6S2/c1-2-40-33-20(24-32-29(30)43-34-24)25(37)31-21-26(38)35-22(19(14-9-15-36)16-42-27(21)35)28(39)41-23(17-10-5-3-6-11-17)18-12-7-4-8-13-18/h3-8,10-13,21,23,27,36H,2,15-16H2,1H3,(H,31,37)(H2,30,32,34)/b33-20-/t21-,27-/m1/s1. The second-order valence-electron chi connectivity index (χ2n) is 9.07. The van der Waals surface area contributed by atoms with Crippen LogP contribution in [0.2, 0.25) is 0 Å². The summed E-state index contributed by atoms with van der Waals surface area (Å²) in [6.07, 6.45) is -0.759. The molecule has 3 aromatic rings. The maximum absolute atomic E-state index is 13.8. The molecule has 0 saturated carbocycles. The second-order valence-corrected chi connectivity index (χ2v) is 11.0. The van der Waals surface area contributed by atoms with E-state index in [2.05, 4.69) is 31.7 Å². The number of hydrogen-bond donors (Lipinski definition) is 3. The first-order chi connectivity index (χ1) is 20.9. The summed E-state index contributed by atoms with van der Waals surface area (Å²) < 4.78 is 10.1. The number of carbonyl (C=O) groups is 3. The molecular weight excluding hydrogens is 592 g/mol. The number of nitrogens with one attached hydrogen (secondary N) is 1. The van der Waals surface area contributed by atoms with Gasteiger partial charge < -0.3 is 25.7 Å². The van der Waals surface area contributed by atoms with Gasteiger partial charge in [0.2, 0.25) is 11.5 Å². The van der Waals surface area contributed by atoms with Crippen LogP contribution in [0.4, 0.5) is 5.13 Å². The smallest absolute Gasteiger partial charge is 0.357 e. The number of rotatable bonds is 9. The molecule has 2 aliphatic heterocycles. The van der Waals surface area contributed by atoms with Crippen molar-refractivity contribution in [2.75, 3.05) is 24.7 Å². The number of nitrogens with zero attached hydrogens (tertiary/aromatic N) is 4. The molecule has 43 heavy (non-hydrogen) atoms. The van der Waals surface area contributed by atoms with Gasteiger partial charge in [0.1, 0.15) is 30.3 Å². The Morgan fingerprint density at radius 1 is 1.19 bits per heavy atom. The molecule has 2 atom stereocenters. The lowest BCUT2D eigenvalue weighted by Crippen LogP contribution is -2.71. The SMILES string of the molecule is CCO/N=C(\C(=O)N[C@@H]1C(=O)N2C(C(=O)OC(c3ccccc3)c3ccccc3)=C(C#CCO)CS[C@H]12)c1nsc(N)n1. The number of amides is 2. The Balaban J connectivity index is 1.41. The zero-order chi connectivity index (χ0) is 30.3. The summed E-state index contributed by atoms with van der Waals surface area (Å²) in [6.45, 7) is 1.45. The fraction of sp³-hybridized carbons (Fsp3) is 0.241. The van der Waals surface area contributed by atoms with Crippen LogP contribution in [0.1, 0.15) is 30.0 Å². The van der Waals surface area contributed by atoms with Crippen molar-refractivity contribution in [3.63, 3.8) is 0 Å². The molecule has 0 unspecified atom stereocenters. The predicted octanol–water partition coefficient (Wildman–Crippen LogP) is 1.84. The average molecular weight is 619 g/mol. The minimum atomic E-state index is -0.991. The van der Waals surface area contributed by atoms with E-state index in [0.29, 0.717) is 5.57 Å². The van der Waals surface area contributed by atoms with Crippen molar-refractivity contribution in [3.05, 3.63) is 88.9 Å². The number of β-lactam (4-membered cyclic amide) rings is 1. The van der Waals surface area contributed by atoms with Gasteiger partial charge in [-0.3, -0.25) is 14.5 Å². The molecule has 5 rings (SSSR count). The molecule has 14 heteroatoms. The van der Waals surface area contributed by atoms with Gasteiger partial charge in [0.05, 0.1) is 0 Å². The summed E-state index contributed by atoms with van der Waals surface area (Å²) in [5.41, 5.74) is 7.22. The number of ether oxygens (including phenoxy) is 1. The molecule has 2 amide bonds. The van der Waals surface area contributed by atoms with Crippen LogP contribution < -0.4 is 11.1 Å². The lowest BCUT2D eigenvalue weighted by Gasteiger charge is -2.49. The number of benzene rings is 2. The van der Waals surface area contributed by atoms with Crippen molar-refractivity contribution >= 4 is 51.9 Å². The Hall–Kier alpha value is -4.71.